The molecule has 3 nitrogen and oxygen atoms in total. The molecule has 0 aromatic carbocycles. The first-order valence-electron chi connectivity index (χ1n) is 5.37. The Labute approximate surface area is 84.5 Å². The fourth-order valence-corrected chi connectivity index (χ4v) is 2.36. The SMILES string of the molecule is CCCC1CCC(=O)CC1CC(=O)O. The number of carboxylic acid groups (broad SMARTS) is 1. The Bertz CT molecular complexity index is 221. The molecule has 0 saturated heterocycles. The lowest BCUT2D eigenvalue weighted by Crippen LogP contribution is -2.26. The maximum atomic E-state index is 11.2. The van der Waals surface area contributed by atoms with Crippen LogP contribution in [0.15, 0.2) is 0 Å². The molecule has 1 rings (SSSR count). The summed E-state index contributed by atoms with van der Waals surface area (Å²) in [5.41, 5.74) is 0. The maximum absolute atomic E-state index is 11.2. The quantitative estimate of drug-likeness (QED) is 0.753. The maximum Gasteiger partial charge on any atom is 0.303 e. The molecule has 1 N–H and O–H groups in total. The summed E-state index contributed by atoms with van der Waals surface area (Å²) in [5.74, 6) is 0.0110. The second-order valence-electron chi connectivity index (χ2n) is 4.19. The van der Waals surface area contributed by atoms with Crippen LogP contribution in [0.3, 0.4) is 0 Å². The predicted molar refractivity (Wildman–Crippen MR) is 53.0 cm³/mol. The van der Waals surface area contributed by atoms with E-state index >= 15 is 0 Å². The van der Waals surface area contributed by atoms with Gasteiger partial charge in [-0.05, 0) is 18.3 Å². The van der Waals surface area contributed by atoms with E-state index in [1.54, 1.807) is 0 Å². The van der Waals surface area contributed by atoms with Gasteiger partial charge in [0.25, 0.3) is 0 Å². The van der Waals surface area contributed by atoms with Crippen LogP contribution in [0.1, 0.15) is 45.4 Å². The van der Waals surface area contributed by atoms with E-state index in [2.05, 4.69) is 6.92 Å². The van der Waals surface area contributed by atoms with Crippen LogP contribution in [-0.2, 0) is 9.59 Å². The molecule has 3 heteroatoms. The molecule has 1 aliphatic rings. The number of hydrogen-bond acceptors (Lipinski definition) is 2. The van der Waals surface area contributed by atoms with Crippen LogP contribution in [0.25, 0.3) is 0 Å². The van der Waals surface area contributed by atoms with Crippen LogP contribution < -0.4 is 0 Å². The van der Waals surface area contributed by atoms with Gasteiger partial charge in [0.15, 0.2) is 0 Å². The highest BCUT2D eigenvalue weighted by Crippen LogP contribution is 2.33. The van der Waals surface area contributed by atoms with Crippen molar-refractivity contribution in [1.82, 2.24) is 0 Å². The van der Waals surface area contributed by atoms with Gasteiger partial charge in [0.2, 0.25) is 0 Å². The van der Waals surface area contributed by atoms with Crippen LogP contribution in [0.4, 0.5) is 0 Å². The first-order chi connectivity index (χ1) is 6.63. The number of hydrogen-bond donors (Lipinski definition) is 1. The molecule has 0 heterocycles. The van der Waals surface area contributed by atoms with Crippen LogP contribution in [-0.4, -0.2) is 16.9 Å². The van der Waals surface area contributed by atoms with E-state index in [-0.39, 0.29) is 18.1 Å². The highest BCUT2D eigenvalue weighted by molar-refractivity contribution is 5.80. The lowest BCUT2D eigenvalue weighted by molar-refractivity contribution is -0.139. The van der Waals surface area contributed by atoms with Crippen molar-refractivity contribution < 1.29 is 14.7 Å². The Morgan fingerprint density at radius 2 is 2.21 bits per heavy atom. The largest absolute Gasteiger partial charge is 0.481 e. The zero-order valence-electron chi connectivity index (χ0n) is 8.66. The van der Waals surface area contributed by atoms with Crippen LogP contribution >= 0.6 is 0 Å². The molecule has 0 bridgehead atoms. The smallest absolute Gasteiger partial charge is 0.303 e. The Morgan fingerprint density at radius 1 is 1.50 bits per heavy atom. The molecule has 2 unspecified atom stereocenters. The average Bonchev–Trinajstić information content (AvgIpc) is 2.09. The number of carboxylic acids is 1. The van der Waals surface area contributed by atoms with Crippen molar-refractivity contribution in [2.75, 3.05) is 0 Å². The van der Waals surface area contributed by atoms with E-state index in [0.717, 1.165) is 19.3 Å². The number of carbonyl (C=O) groups excluding carboxylic acids is 1. The standard InChI is InChI=1S/C11H18O3/c1-2-3-8-4-5-10(12)6-9(8)7-11(13)14/h8-9H,2-7H2,1H3,(H,13,14). The Balaban J connectivity index is 2.53. The van der Waals surface area contributed by atoms with Gasteiger partial charge in [-0.15, -0.1) is 0 Å². The summed E-state index contributed by atoms with van der Waals surface area (Å²) in [6.45, 7) is 2.11. The number of carbonyl (C=O) groups is 2. The van der Waals surface area contributed by atoms with Gasteiger partial charge in [-0.1, -0.05) is 19.8 Å². The van der Waals surface area contributed by atoms with Gasteiger partial charge >= 0.3 is 5.97 Å². The first kappa shape index (κ1) is 11.2. The van der Waals surface area contributed by atoms with Crippen molar-refractivity contribution in [2.24, 2.45) is 11.8 Å². The van der Waals surface area contributed by atoms with Crippen LogP contribution in [0.5, 0.6) is 0 Å². The molecule has 80 valence electrons. The molecule has 0 amide bonds. The zero-order chi connectivity index (χ0) is 10.6. The molecule has 0 radical (unpaired) electrons. The summed E-state index contributed by atoms with van der Waals surface area (Å²) >= 11 is 0. The van der Waals surface area contributed by atoms with Gasteiger partial charge in [-0.25, -0.2) is 0 Å². The second-order valence-corrected chi connectivity index (χ2v) is 4.19. The minimum atomic E-state index is -0.772. The summed E-state index contributed by atoms with van der Waals surface area (Å²) in [7, 11) is 0. The lowest BCUT2D eigenvalue weighted by Gasteiger charge is -2.29. The van der Waals surface area contributed by atoms with E-state index in [1.807, 2.05) is 0 Å². The lowest BCUT2D eigenvalue weighted by atomic mass is 9.75. The van der Waals surface area contributed by atoms with Gasteiger partial charge in [0, 0.05) is 19.3 Å². The molecular weight excluding hydrogens is 180 g/mol. The molecule has 0 aromatic rings. The summed E-state index contributed by atoms with van der Waals surface area (Å²) in [6, 6.07) is 0. The average molecular weight is 198 g/mol. The molecule has 14 heavy (non-hydrogen) atoms. The topological polar surface area (TPSA) is 54.4 Å². The summed E-state index contributed by atoms with van der Waals surface area (Å²) in [4.78, 5) is 21.8. The monoisotopic (exact) mass is 198 g/mol. The van der Waals surface area contributed by atoms with Gasteiger partial charge in [0.1, 0.15) is 5.78 Å². The molecule has 0 aliphatic heterocycles. The Morgan fingerprint density at radius 3 is 2.79 bits per heavy atom. The minimum absolute atomic E-state index is 0.0914. The normalized spacial score (nSPS) is 27.6. The fraction of sp³-hybridized carbons (Fsp3) is 0.818. The summed E-state index contributed by atoms with van der Waals surface area (Å²) in [6.07, 6.45) is 4.33. The Hall–Kier alpha value is -0.860. The number of Topliss-reactive ketones (excluding diaryl/α,β-unsaturated/α-hetero) is 1. The van der Waals surface area contributed by atoms with Gasteiger partial charge in [0.05, 0.1) is 0 Å². The van der Waals surface area contributed by atoms with E-state index in [9.17, 15) is 9.59 Å². The molecule has 0 aromatic heterocycles. The van der Waals surface area contributed by atoms with Gasteiger partial charge in [-0.2, -0.15) is 0 Å². The summed E-state index contributed by atoms with van der Waals surface area (Å²) in [5, 5.41) is 8.73. The fourth-order valence-electron chi connectivity index (χ4n) is 2.36. The van der Waals surface area contributed by atoms with Crippen molar-refractivity contribution in [3.05, 3.63) is 0 Å². The molecule has 0 spiro atoms. The third kappa shape index (κ3) is 3.13. The van der Waals surface area contributed by atoms with E-state index in [1.165, 1.54) is 0 Å². The van der Waals surface area contributed by atoms with Crippen molar-refractivity contribution >= 4 is 11.8 Å². The second kappa shape index (κ2) is 5.13. The predicted octanol–water partition coefficient (Wildman–Crippen LogP) is 2.25. The van der Waals surface area contributed by atoms with Crippen LogP contribution in [0.2, 0.25) is 0 Å². The van der Waals surface area contributed by atoms with E-state index in [4.69, 9.17) is 5.11 Å². The van der Waals surface area contributed by atoms with Gasteiger partial charge in [-0.3, -0.25) is 9.59 Å². The van der Waals surface area contributed by atoms with E-state index in [0.29, 0.717) is 18.8 Å². The van der Waals surface area contributed by atoms with Crippen molar-refractivity contribution in [1.29, 1.82) is 0 Å². The molecule has 1 aliphatic carbocycles. The third-order valence-corrected chi connectivity index (χ3v) is 3.05. The number of rotatable bonds is 4. The molecule has 1 fully saturated rings. The van der Waals surface area contributed by atoms with Crippen molar-refractivity contribution in [2.45, 2.75) is 45.4 Å². The van der Waals surface area contributed by atoms with Crippen LogP contribution in [0, 0.1) is 11.8 Å². The molecule has 1 saturated carbocycles. The summed E-state index contributed by atoms with van der Waals surface area (Å²) < 4.78 is 0. The minimum Gasteiger partial charge on any atom is -0.481 e. The zero-order valence-corrected chi connectivity index (χ0v) is 8.66. The first-order valence-corrected chi connectivity index (χ1v) is 5.37. The third-order valence-electron chi connectivity index (χ3n) is 3.05. The van der Waals surface area contributed by atoms with E-state index < -0.39 is 5.97 Å². The van der Waals surface area contributed by atoms with Gasteiger partial charge < -0.3 is 5.11 Å². The van der Waals surface area contributed by atoms with Crippen molar-refractivity contribution in [3.8, 4) is 0 Å². The number of ketones is 1. The Kier molecular flexibility index (Phi) is 4.11. The molecule has 2 atom stereocenters. The van der Waals surface area contributed by atoms with Crippen molar-refractivity contribution in [3.63, 3.8) is 0 Å². The highest BCUT2D eigenvalue weighted by Gasteiger charge is 2.29. The molecular formula is C11H18O3. The highest BCUT2D eigenvalue weighted by atomic mass is 16.4. The number of aliphatic carboxylic acids is 1.